The maximum Gasteiger partial charge on any atom is 2.00 e. The number of allylic oxidation sites excluding steroid dienone is 4. The van der Waals surface area contributed by atoms with Gasteiger partial charge in [-0.15, -0.1) is 0 Å². The van der Waals surface area contributed by atoms with Gasteiger partial charge in [0, 0.05) is 6.04 Å². The van der Waals surface area contributed by atoms with Gasteiger partial charge in [0.25, 0.3) is 0 Å². The third-order valence-electron chi connectivity index (χ3n) is 2.68. The predicted octanol–water partition coefficient (Wildman–Crippen LogP) is 1.16. The van der Waals surface area contributed by atoms with E-state index in [1.54, 1.807) is 0 Å². The van der Waals surface area contributed by atoms with Gasteiger partial charge in [-0.2, -0.15) is 0 Å². The van der Waals surface area contributed by atoms with Crippen molar-refractivity contribution in [3.8, 4) is 0 Å². The Labute approximate surface area is 116 Å². The van der Waals surface area contributed by atoms with Crippen LogP contribution < -0.4 is 10.4 Å². The molecule has 1 aliphatic carbocycles. The molecule has 97 valence electrons. The number of nitrogens with one attached hydrogen (secondary N) is 1. The van der Waals surface area contributed by atoms with Crippen LogP contribution in [-0.2, 0) is 24.3 Å². The molecule has 0 saturated carbocycles. The molecule has 1 saturated heterocycles. The van der Waals surface area contributed by atoms with E-state index in [0.717, 1.165) is 19.4 Å². The van der Waals surface area contributed by atoms with Crippen molar-refractivity contribution in [2.24, 2.45) is 0 Å². The van der Waals surface area contributed by atoms with Crippen molar-refractivity contribution in [1.29, 1.82) is 0 Å². The Balaban J connectivity index is 0.000000284. The summed E-state index contributed by atoms with van der Waals surface area (Å²) in [5.74, 6) is -0.970. The summed E-state index contributed by atoms with van der Waals surface area (Å²) in [5.41, 5.74) is 0. The molecule has 2 rings (SSSR count). The monoisotopic (exact) mass is 325 g/mol. The topological polar surface area (TPSA) is 52.2 Å². The van der Waals surface area contributed by atoms with Crippen molar-refractivity contribution in [1.82, 2.24) is 5.32 Å². The van der Waals surface area contributed by atoms with Gasteiger partial charge in [0.1, 0.15) is 0 Å². The summed E-state index contributed by atoms with van der Waals surface area (Å²) in [6, 6.07) is -0.380. The van der Waals surface area contributed by atoms with Gasteiger partial charge in [0.15, 0.2) is 0 Å². The first-order valence-corrected chi connectivity index (χ1v) is 6.05. The zero-order valence-corrected chi connectivity index (χ0v) is 11.6. The largest absolute Gasteiger partial charge is 2.00 e. The Kier molecular flexibility index (Phi) is 10.4. The molecule has 0 aromatic carbocycles. The number of carbonyl (C=O) groups is 1. The zero-order chi connectivity index (χ0) is 11.6. The molecule has 1 N–H and O–H groups in total. The van der Waals surface area contributed by atoms with Crippen LogP contribution in [0.4, 0.5) is 0 Å². The maximum absolute atomic E-state index is 10.0. The number of carbonyl (C=O) groups excluding carboxylic acids is 1. The molecule has 3 nitrogen and oxygen atoms in total. The van der Waals surface area contributed by atoms with Crippen molar-refractivity contribution in [2.45, 2.75) is 44.6 Å². The molecule has 0 amide bonds. The number of hydrogen-bond donors (Lipinski definition) is 1. The Morgan fingerprint density at radius 2 is 1.53 bits per heavy atom. The second-order valence-electron chi connectivity index (χ2n) is 4.07. The second-order valence-corrected chi connectivity index (χ2v) is 4.07. The molecule has 1 fully saturated rings. The second kappa shape index (κ2) is 10.7. The predicted molar refractivity (Wildman–Crippen MR) is 62.8 cm³/mol. The molecule has 0 bridgehead atoms. The Hall–Kier alpha value is -0.467. The van der Waals surface area contributed by atoms with E-state index in [9.17, 15) is 9.90 Å². The number of carboxylic acids is 1. The van der Waals surface area contributed by atoms with E-state index in [1.807, 2.05) is 0 Å². The van der Waals surface area contributed by atoms with Crippen LogP contribution in [0.3, 0.4) is 0 Å². The van der Waals surface area contributed by atoms with Gasteiger partial charge in [-0.1, -0.05) is 24.3 Å². The summed E-state index contributed by atoms with van der Waals surface area (Å²) in [5, 5.41) is 12.8. The minimum Gasteiger partial charge on any atom is -0.548 e. The number of carboxylic acid groups (broad SMARTS) is 1. The summed E-state index contributed by atoms with van der Waals surface area (Å²) < 4.78 is 0. The quantitative estimate of drug-likeness (QED) is 0.581. The zero-order valence-electron chi connectivity index (χ0n) is 9.99. The molecule has 1 heterocycles. The standard InChI is InChI=1S/C8H12.C5H9NO2.Rh/c1-2-4-6-8-7-5-3-1;7-5(8)4-2-1-3-6-4;/h1-2,7-8H,3-6H2;4,6H,1-3H2,(H,7,8);/q;;+2/p-1/b2-1-,8-7-;;/t;4-;/m.0./s1. The first kappa shape index (κ1) is 16.5. The molecule has 1 aliphatic heterocycles. The van der Waals surface area contributed by atoms with Crippen LogP contribution in [0.2, 0.25) is 0 Å². The number of aliphatic carboxylic acids is 1. The van der Waals surface area contributed by atoms with Gasteiger partial charge in [-0.3, -0.25) is 0 Å². The van der Waals surface area contributed by atoms with Crippen molar-refractivity contribution >= 4 is 5.97 Å². The maximum atomic E-state index is 10.0. The third-order valence-corrected chi connectivity index (χ3v) is 2.68. The van der Waals surface area contributed by atoms with E-state index in [1.165, 1.54) is 25.7 Å². The van der Waals surface area contributed by atoms with Gasteiger partial charge in [-0.25, -0.2) is 0 Å². The van der Waals surface area contributed by atoms with E-state index in [2.05, 4.69) is 29.6 Å². The molecular formula is C13H20NO2Rh+. The van der Waals surface area contributed by atoms with Crippen LogP contribution in [0.5, 0.6) is 0 Å². The Bertz CT molecular complexity index is 232. The van der Waals surface area contributed by atoms with Crippen LogP contribution in [0.25, 0.3) is 0 Å². The normalized spacial score (nSPS) is 26.5. The molecule has 0 aromatic heterocycles. The van der Waals surface area contributed by atoms with Crippen LogP contribution in [0, 0.1) is 0 Å². The Morgan fingerprint density at radius 3 is 1.76 bits per heavy atom. The van der Waals surface area contributed by atoms with Crippen LogP contribution in [0.1, 0.15) is 38.5 Å². The minimum atomic E-state index is -0.970. The fourth-order valence-corrected chi connectivity index (χ4v) is 1.74. The summed E-state index contributed by atoms with van der Waals surface area (Å²) in [6.07, 6.45) is 15.7. The van der Waals surface area contributed by atoms with Crippen molar-refractivity contribution in [3.63, 3.8) is 0 Å². The van der Waals surface area contributed by atoms with Gasteiger partial charge < -0.3 is 15.2 Å². The number of rotatable bonds is 1. The van der Waals surface area contributed by atoms with Gasteiger partial charge in [0.2, 0.25) is 0 Å². The van der Waals surface area contributed by atoms with Crippen LogP contribution in [0.15, 0.2) is 24.3 Å². The molecule has 1 atom stereocenters. The molecule has 0 aromatic rings. The molecular weight excluding hydrogens is 305 g/mol. The van der Waals surface area contributed by atoms with Gasteiger partial charge in [0.05, 0.1) is 5.97 Å². The molecule has 2 aliphatic rings. The Morgan fingerprint density at radius 1 is 1.06 bits per heavy atom. The van der Waals surface area contributed by atoms with E-state index in [-0.39, 0.29) is 25.5 Å². The summed E-state index contributed by atoms with van der Waals surface area (Å²) in [6.45, 7) is 0.818. The summed E-state index contributed by atoms with van der Waals surface area (Å²) in [4.78, 5) is 10.0. The van der Waals surface area contributed by atoms with E-state index < -0.39 is 5.97 Å². The van der Waals surface area contributed by atoms with E-state index in [0.29, 0.717) is 0 Å². The average molecular weight is 325 g/mol. The first-order chi connectivity index (χ1) is 7.80. The molecule has 0 unspecified atom stereocenters. The third kappa shape index (κ3) is 8.28. The SMILES string of the molecule is C1=C\CC/C=C\CC/1.O=C([O-])[C@@H]1CCCN1.[Rh+2]. The number of hydrogen-bond acceptors (Lipinski definition) is 3. The fourth-order valence-electron chi connectivity index (χ4n) is 1.74. The van der Waals surface area contributed by atoms with E-state index in [4.69, 9.17) is 0 Å². The fraction of sp³-hybridized carbons (Fsp3) is 0.615. The van der Waals surface area contributed by atoms with Crippen molar-refractivity contribution < 1.29 is 29.4 Å². The first-order valence-electron chi connectivity index (χ1n) is 6.05. The van der Waals surface area contributed by atoms with Crippen molar-refractivity contribution in [2.75, 3.05) is 6.54 Å². The minimum absolute atomic E-state index is 0. The molecule has 4 heteroatoms. The average Bonchev–Trinajstić information content (AvgIpc) is 2.69. The van der Waals surface area contributed by atoms with Crippen LogP contribution in [-0.4, -0.2) is 18.6 Å². The van der Waals surface area contributed by atoms with E-state index >= 15 is 0 Å². The molecule has 1 radical (unpaired) electrons. The van der Waals surface area contributed by atoms with Gasteiger partial charge >= 0.3 is 19.5 Å². The van der Waals surface area contributed by atoms with Gasteiger partial charge in [-0.05, 0) is 45.1 Å². The van der Waals surface area contributed by atoms with Crippen molar-refractivity contribution in [3.05, 3.63) is 24.3 Å². The smallest absolute Gasteiger partial charge is 0.548 e. The molecule has 17 heavy (non-hydrogen) atoms. The summed E-state index contributed by atoms with van der Waals surface area (Å²) >= 11 is 0. The molecule has 0 spiro atoms. The summed E-state index contributed by atoms with van der Waals surface area (Å²) in [7, 11) is 0. The van der Waals surface area contributed by atoms with Crippen LogP contribution >= 0.6 is 0 Å².